The number of aldehydes is 1. The summed E-state index contributed by atoms with van der Waals surface area (Å²) in [5.74, 6) is 0.137. The Labute approximate surface area is 64.7 Å². The second-order valence-corrected chi connectivity index (χ2v) is 3.27. The third-order valence-corrected chi connectivity index (χ3v) is 2.67. The molecule has 2 unspecified atom stereocenters. The smallest absolute Gasteiger partial charge is 0.306 e. The van der Waals surface area contributed by atoms with Crippen molar-refractivity contribution in [2.45, 2.75) is 25.4 Å². The normalized spacial score (nSPS) is 41.8. The van der Waals surface area contributed by atoms with Crippen LogP contribution in [0.1, 0.15) is 19.3 Å². The molecule has 1 saturated heterocycles. The Morgan fingerprint density at radius 1 is 1.45 bits per heavy atom. The van der Waals surface area contributed by atoms with Crippen molar-refractivity contribution < 1.29 is 14.3 Å². The molecule has 0 N–H and O–H groups in total. The average molecular weight is 154 g/mol. The van der Waals surface area contributed by atoms with E-state index in [-0.39, 0.29) is 23.9 Å². The van der Waals surface area contributed by atoms with Gasteiger partial charge in [-0.15, -0.1) is 0 Å². The topological polar surface area (TPSA) is 43.4 Å². The van der Waals surface area contributed by atoms with Crippen LogP contribution in [0.3, 0.4) is 0 Å². The van der Waals surface area contributed by atoms with Crippen LogP contribution in [0.15, 0.2) is 0 Å². The van der Waals surface area contributed by atoms with Crippen LogP contribution in [-0.4, -0.2) is 18.4 Å². The molecule has 0 aromatic rings. The molecule has 0 bridgehead atoms. The third kappa shape index (κ3) is 0.951. The molecular weight excluding hydrogens is 144 g/mol. The van der Waals surface area contributed by atoms with Crippen LogP contribution in [0.4, 0.5) is 0 Å². The van der Waals surface area contributed by atoms with Crippen LogP contribution in [0.5, 0.6) is 0 Å². The van der Waals surface area contributed by atoms with Crippen molar-refractivity contribution >= 4 is 12.3 Å². The Morgan fingerprint density at radius 2 is 2.27 bits per heavy atom. The number of ether oxygens (including phenoxy) is 1. The number of hydrogen-bond acceptors (Lipinski definition) is 3. The first-order chi connectivity index (χ1) is 5.31. The fraction of sp³-hybridized carbons (Fsp3) is 0.750. The van der Waals surface area contributed by atoms with E-state index < -0.39 is 0 Å². The van der Waals surface area contributed by atoms with Gasteiger partial charge in [0, 0.05) is 11.8 Å². The van der Waals surface area contributed by atoms with Crippen LogP contribution in [0.25, 0.3) is 0 Å². The van der Waals surface area contributed by atoms with Crippen LogP contribution in [0.2, 0.25) is 0 Å². The SMILES string of the molecule is O=C[C@H]1CCC2OC(=O)CC21. The third-order valence-electron chi connectivity index (χ3n) is 2.67. The molecule has 1 heterocycles. The maximum atomic E-state index is 10.8. The second-order valence-electron chi connectivity index (χ2n) is 3.27. The molecule has 0 spiro atoms. The van der Waals surface area contributed by atoms with Gasteiger partial charge < -0.3 is 9.53 Å². The van der Waals surface area contributed by atoms with Crippen LogP contribution < -0.4 is 0 Å². The maximum Gasteiger partial charge on any atom is 0.306 e. The van der Waals surface area contributed by atoms with E-state index in [4.69, 9.17) is 4.74 Å². The van der Waals surface area contributed by atoms with Gasteiger partial charge in [-0.05, 0) is 12.8 Å². The molecule has 11 heavy (non-hydrogen) atoms. The summed E-state index contributed by atoms with van der Waals surface area (Å²) >= 11 is 0. The highest BCUT2D eigenvalue weighted by Crippen LogP contribution is 2.39. The van der Waals surface area contributed by atoms with Crippen molar-refractivity contribution in [3.05, 3.63) is 0 Å². The lowest BCUT2D eigenvalue weighted by molar-refractivity contribution is -0.141. The molecule has 1 saturated carbocycles. The van der Waals surface area contributed by atoms with E-state index >= 15 is 0 Å². The number of rotatable bonds is 1. The van der Waals surface area contributed by atoms with Gasteiger partial charge in [0.15, 0.2) is 0 Å². The van der Waals surface area contributed by atoms with E-state index in [2.05, 4.69) is 0 Å². The summed E-state index contributed by atoms with van der Waals surface area (Å²) in [6.07, 6.45) is 3.24. The van der Waals surface area contributed by atoms with Crippen LogP contribution in [0, 0.1) is 11.8 Å². The highest BCUT2D eigenvalue weighted by atomic mass is 16.5. The van der Waals surface area contributed by atoms with Gasteiger partial charge >= 0.3 is 5.97 Å². The van der Waals surface area contributed by atoms with Crippen LogP contribution >= 0.6 is 0 Å². The Bertz CT molecular complexity index is 200. The molecule has 1 aliphatic carbocycles. The monoisotopic (exact) mass is 154 g/mol. The summed E-state index contributed by atoms with van der Waals surface area (Å²) in [6.45, 7) is 0. The molecule has 3 nitrogen and oxygen atoms in total. The predicted octanol–water partition coefficient (Wildman–Crippen LogP) is 0.527. The lowest BCUT2D eigenvalue weighted by Crippen LogP contribution is -2.14. The van der Waals surface area contributed by atoms with Crippen molar-refractivity contribution in [1.82, 2.24) is 0 Å². The minimum atomic E-state index is -0.133. The molecule has 60 valence electrons. The van der Waals surface area contributed by atoms with Gasteiger partial charge in [-0.2, -0.15) is 0 Å². The van der Waals surface area contributed by atoms with Crippen molar-refractivity contribution in [2.75, 3.05) is 0 Å². The van der Waals surface area contributed by atoms with Gasteiger partial charge in [0.1, 0.15) is 12.4 Å². The summed E-state index contributed by atoms with van der Waals surface area (Å²) < 4.78 is 5.02. The van der Waals surface area contributed by atoms with E-state index in [1.54, 1.807) is 0 Å². The molecule has 2 fully saturated rings. The quantitative estimate of drug-likeness (QED) is 0.408. The van der Waals surface area contributed by atoms with Crippen molar-refractivity contribution in [3.63, 3.8) is 0 Å². The minimum absolute atomic E-state index is 0.0534. The lowest BCUT2D eigenvalue weighted by atomic mass is 9.95. The maximum absolute atomic E-state index is 10.8. The van der Waals surface area contributed by atoms with Gasteiger partial charge in [-0.25, -0.2) is 0 Å². The van der Waals surface area contributed by atoms with Gasteiger partial charge in [0.05, 0.1) is 6.42 Å². The number of carbonyl (C=O) groups is 2. The van der Waals surface area contributed by atoms with Crippen LogP contribution in [-0.2, 0) is 14.3 Å². The molecule has 3 heteroatoms. The molecule has 0 aromatic heterocycles. The summed E-state index contributed by atoms with van der Waals surface area (Å²) in [7, 11) is 0. The Morgan fingerprint density at radius 3 is 3.00 bits per heavy atom. The molecule has 3 atom stereocenters. The van der Waals surface area contributed by atoms with E-state index in [0.717, 1.165) is 19.1 Å². The zero-order valence-corrected chi connectivity index (χ0v) is 6.16. The van der Waals surface area contributed by atoms with Crippen molar-refractivity contribution in [2.24, 2.45) is 11.8 Å². The zero-order valence-electron chi connectivity index (χ0n) is 6.16. The fourth-order valence-corrected chi connectivity index (χ4v) is 2.07. The summed E-state index contributed by atoms with van der Waals surface area (Å²) in [5.41, 5.74) is 0. The average Bonchev–Trinajstić information content (AvgIpc) is 2.45. The summed E-state index contributed by atoms with van der Waals surface area (Å²) in [4.78, 5) is 21.3. The fourth-order valence-electron chi connectivity index (χ4n) is 2.07. The minimum Gasteiger partial charge on any atom is -0.462 e. The molecule has 1 aliphatic heterocycles. The molecular formula is C8H10O3. The Balaban J connectivity index is 2.12. The largest absolute Gasteiger partial charge is 0.462 e. The predicted molar refractivity (Wildman–Crippen MR) is 36.8 cm³/mol. The Kier molecular flexibility index (Phi) is 1.44. The van der Waals surface area contributed by atoms with Gasteiger partial charge in [0.25, 0.3) is 0 Å². The molecule has 0 radical (unpaired) electrons. The van der Waals surface area contributed by atoms with Crippen molar-refractivity contribution in [1.29, 1.82) is 0 Å². The number of hydrogen-bond donors (Lipinski definition) is 0. The standard InChI is InChI=1S/C8H10O3/c9-4-5-1-2-7-6(5)3-8(10)11-7/h4-7H,1-3H2/t5-,6?,7?/m1/s1. The van der Waals surface area contributed by atoms with Gasteiger partial charge in [0.2, 0.25) is 0 Å². The number of esters is 1. The van der Waals surface area contributed by atoms with E-state index in [1.807, 2.05) is 0 Å². The van der Waals surface area contributed by atoms with Gasteiger partial charge in [-0.3, -0.25) is 4.79 Å². The molecule has 0 aromatic carbocycles. The zero-order chi connectivity index (χ0) is 7.84. The number of carbonyl (C=O) groups excluding carboxylic acids is 2. The first kappa shape index (κ1) is 6.83. The van der Waals surface area contributed by atoms with E-state index in [1.165, 1.54) is 0 Å². The first-order valence-electron chi connectivity index (χ1n) is 3.96. The lowest BCUT2D eigenvalue weighted by Gasteiger charge is -2.07. The Hall–Kier alpha value is -0.860. The molecule has 0 amide bonds. The molecule has 2 aliphatic rings. The second kappa shape index (κ2) is 2.32. The van der Waals surface area contributed by atoms with Gasteiger partial charge in [-0.1, -0.05) is 0 Å². The number of fused-ring (bicyclic) bond motifs is 1. The summed E-state index contributed by atoms with van der Waals surface area (Å²) in [6, 6.07) is 0. The van der Waals surface area contributed by atoms with E-state index in [9.17, 15) is 9.59 Å². The highest BCUT2D eigenvalue weighted by Gasteiger charge is 2.44. The van der Waals surface area contributed by atoms with Crippen molar-refractivity contribution in [3.8, 4) is 0 Å². The van der Waals surface area contributed by atoms with E-state index in [0.29, 0.717) is 6.42 Å². The first-order valence-corrected chi connectivity index (χ1v) is 3.96. The highest BCUT2D eigenvalue weighted by molar-refractivity contribution is 5.73. The summed E-state index contributed by atoms with van der Waals surface area (Å²) in [5, 5.41) is 0. The molecule has 2 rings (SSSR count).